The molecule has 6 heteroatoms. The number of hydrogen-bond donors (Lipinski definition) is 0. The van der Waals surface area contributed by atoms with Crippen LogP contribution in [0.25, 0.3) is 0 Å². The van der Waals surface area contributed by atoms with Crippen LogP contribution in [0.3, 0.4) is 0 Å². The summed E-state index contributed by atoms with van der Waals surface area (Å²) in [5.74, 6) is 0.202. The van der Waals surface area contributed by atoms with Gasteiger partial charge >= 0.3 is 5.69 Å². The summed E-state index contributed by atoms with van der Waals surface area (Å²) in [5, 5.41) is 14.4. The fourth-order valence-electron chi connectivity index (χ4n) is 1.24. The number of nitro groups is 1. The van der Waals surface area contributed by atoms with Gasteiger partial charge in [-0.3, -0.25) is 10.1 Å². The van der Waals surface area contributed by atoms with Crippen LogP contribution in [-0.4, -0.2) is 24.9 Å². The minimum Gasteiger partial charge on any atom is -0.490 e. The number of benzene rings is 1. The molecule has 0 bridgehead atoms. The molecule has 0 unspecified atom stereocenters. The molecule has 0 heterocycles. The zero-order valence-electron chi connectivity index (χ0n) is 9.26. The van der Waals surface area contributed by atoms with Crippen molar-refractivity contribution in [1.82, 2.24) is 0 Å². The minimum atomic E-state index is -0.495. The molecule has 0 aliphatic heterocycles. The van der Waals surface area contributed by atoms with Gasteiger partial charge in [0.1, 0.15) is 7.11 Å². The lowest BCUT2D eigenvalue weighted by molar-refractivity contribution is -0.385. The lowest BCUT2D eigenvalue weighted by atomic mass is 10.1. The van der Waals surface area contributed by atoms with Gasteiger partial charge in [-0.15, -0.1) is 0 Å². The summed E-state index contributed by atoms with van der Waals surface area (Å²) in [5.41, 5.74) is 1.26. The molecule has 0 saturated heterocycles. The second kappa shape index (κ2) is 5.11. The average Bonchev–Trinajstić information content (AvgIpc) is 2.28. The number of nitrogens with zero attached hydrogens (tertiary/aromatic N) is 2. The Hall–Kier alpha value is -2.11. The highest BCUT2D eigenvalue weighted by Crippen LogP contribution is 2.27. The summed E-state index contributed by atoms with van der Waals surface area (Å²) in [6.45, 7) is 1.74. The maximum absolute atomic E-state index is 10.7. The van der Waals surface area contributed by atoms with Gasteiger partial charge in [-0.2, -0.15) is 0 Å². The zero-order valence-corrected chi connectivity index (χ0v) is 9.26. The Bertz CT molecular complexity index is 429. The van der Waals surface area contributed by atoms with Crippen LogP contribution in [0.15, 0.2) is 23.4 Å². The lowest BCUT2D eigenvalue weighted by Crippen LogP contribution is -1.99. The third kappa shape index (κ3) is 2.47. The van der Waals surface area contributed by atoms with E-state index in [1.165, 1.54) is 20.3 Å². The SMILES string of the molecule is CO/N=C(\C)c1ccc([N+](=O)[O-])c(OC)c1. The van der Waals surface area contributed by atoms with Gasteiger partial charge in [-0.05, 0) is 19.1 Å². The summed E-state index contributed by atoms with van der Waals surface area (Å²) in [6, 6.07) is 4.53. The van der Waals surface area contributed by atoms with Crippen LogP contribution in [0.4, 0.5) is 5.69 Å². The maximum atomic E-state index is 10.7. The molecule has 6 nitrogen and oxygen atoms in total. The predicted molar refractivity (Wildman–Crippen MR) is 58.9 cm³/mol. The van der Waals surface area contributed by atoms with E-state index in [1.807, 2.05) is 0 Å². The van der Waals surface area contributed by atoms with Crippen molar-refractivity contribution >= 4 is 11.4 Å². The molecule has 1 rings (SSSR count). The first kappa shape index (κ1) is 12.0. The van der Waals surface area contributed by atoms with Crippen molar-refractivity contribution in [3.63, 3.8) is 0 Å². The maximum Gasteiger partial charge on any atom is 0.310 e. The fourth-order valence-corrected chi connectivity index (χ4v) is 1.24. The fraction of sp³-hybridized carbons (Fsp3) is 0.300. The van der Waals surface area contributed by atoms with E-state index in [-0.39, 0.29) is 11.4 Å². The standard InChI is InChI=1S/C10H12N2O4/c1-7(11-16-3)8-4-5-9(12(13)14)10(6-8)15-2/h4-6H,1-3H3/b11-7+. The van der Waals surface area contributed by atoms with Crippen LogP contribution >= 0.6 is 0 Å². The second-order valence-corrected chi connectivity index (χ2v) is 3.00. The first-order valence-corrected chi connectivity index (χ1v) is 4.50. The largest absolute Gasteiger partial charge is 0.490 e. The Kier molecular flexibility index (Phi) is 3.82. The summed E-state index contributed by atoms with van der Waals surface area (Å²) < 4.78 is 4.94. The molecule has 0 saturated carbocycles. The normalized spacial score (nSPS) is 11.1. The van der Waals surface area contributed by atoms with Crippen molar-refractivity contribution in [3.05, 3.63) is 33.9 Å². The van der Waals surface area contributed by atoms with Crippen LogP contribution in [0, 0.1) is 10.1 Å². The van der Waals surface area contributed by atoms with Crippen LogP contribution in [0.2, 0.25) is 0 Å². The second-order valence-electron chi connectivity index (χ2n) is 3.00. The highest BCUT2D eigenvalue weighted by atomic mass is 16.6. The molecule has 0 aliphatic carbocycles. The van der Waals surface area contributed by atoms with Crippen molar-refractivity contribution in [3.8, 4) is 5.75 Å². The van der Waals surface area contributed by atoms with E-state index in [2.05, 4.69) is 9.99 Å². The van der Waals surface area contributed by atoms with Crippen molar-refractivity contribution < 1.29 is 14.5 Å². The first-order chi connectivity index (χ1) is 7.60. The first-order valence-electron chi connectivity index (χ1n) is 4.50. The van der Waals surface area contributed by atoms with E-state index < -0.39 is 4.92 Å². The Labute approximate surface area is 92.6 Å². The summed E-state index contributed by atoms with van der Waals surface area (Å²) in [4.78, 5) is 14.8. The number of methoxy groups -OCH3 is 1. The summed E-state index contributed by atoms with van der Waals surface area (Å²) in [7, 11) is 2.82. The molecule has 0 N–H and O–H groups in total. The molecule has 0 amide bonds. The van der Waals surface area contributed by atoms with Crippen LogP contribution < -0.4 is 4.74 Å². The van der Waals surface area contributed by atoms with E-state index in [1.54, 1.807) is 19.1 Å². The van der Waals surface area contributed by atoms with Gasteiger partial charge in [0, 0.05) is 11.6 Å². The van der Waals surface area contributed by atoms with E-state index in [4.69, 9.17) is 4.74 Å². The highest BCUT2D eigenvalue weighted by Gasteiger charge is 2.15. The van der Waals surface area contributed by atoms with Gasteiger partial charge in [0.15, 0.2) is 5.75 Å². The van der Waals surface area contributed by atoms with Gasteiger partial charge in [-0.25, -0.2) is 0 Å². The van der Waals surface area contributed by atoms with Crippen LogP contribution in [0.1, 0.15) is 12.5 Å². The minimum absolute atomic E-state index is 0.0727. The molecule has 1 aromatic carbocycles. The van der Waals surface area contributed by atoms with Crippen LogP contribution in [-0.2, 0) is 4.84 Å². The third-order valence-electron chi connectivity index (χ3n) is 2.02. The van der Waals surface area contributed by atoms with E-state index in [0.717, 1.165) is 0 Å². The molecule has 0 fully saturated rings. The molecule has 0 atom stereocenters. The van der Waals surface area contributed by atoms with Gasteiger partial charge in [0.2, 0.25) is 0 Å². The van der Waals surface area contributed by atoms with E-state index >= 15 is 0 Å². The lowest BCUT2D eigenvalue weighted by Gasteiger charge is -2.04. The molecule has 0 aromatic heterocycles. The molecular formula is C10H12N2O4. The molecule has 16 heavy (non-hydrogen) atoms. The Morgan fingerprint density at radius 3 is 2.62 bits per heavy atom. The molecular weight excluding hydrogens is 212 g/mol. The number of hydrogen-bond acceptors (Lipinski definition) is 5. The summed E-state index contributed by atoms with van der Waals surface area (Å²) >= 11 is 0. The topological polar surface area (TPSA) is 74.0 Å². The third-order valence-corrected chi connectivity index (χ3v) is 2.02. The Balaban J connectivity index is 3.19. The quantitative estimate of drug-likeness (QED) is 0.445. The monoisotopic (exact) mass is 224 g/mol. The molecule has 1 aromatic rings. The Morgan fingerprint density at radius 2 is 2.12 bits per heavy atom. The number of oxime groups is 1. The van der Waals surface area contributed by atoms with Gasteiger partial charge < -0.3 is 9.57 Å². The van der Waals surface area contributed by atoms with Crippen molar-refractivity contribution in [1.29, 1.82) is 0 Å². The summed E-state index contributed by atoms with van der Waals surface area (Å²) in [6.07, 6.45) is 0. The average molecular weight is 224 g/mol. The number of nitro benzene ring substituents is 1. The highest BCUT2D eigenvalue weighted by molar-refractivity contribution is 5.99. The van der Waals surface area contributed by atoms with Gasteiger partial charge in [0.05, 0.1) is 17.7 Å². The molecule has 0 spiro atoms. The smallest absolute Gasteiger partial charge is 0.310 e. The Morgan fingerprint density at radius 1 is 1.44 bits per heavy atom. The zero-order chi connectivity index (χ0) is 12.1. The van der Waals surface area contributed by atoms with E-state index in [0.29, 0.717) is 11.3 Å². The van der Waals surface area contributed by atoms with Gasteiger partial charge in [-0.1, -0.05) is 5.16 Å². The van der Waals surface area contributed by atoms with Crippen molar-refractivity contribution in [2.75, 3.05) is 14.2 Å². The number of rotatable bonds is 4. The van der Waals surface area contributed by atoms with Crippen molar-refractivity contribution in [2.45, 2.75) is 6.92 Å². The van der Waals surface area contributed by atoms with Crippen LogP contribution in [0.5, 0.6) is 5.75 Å². The molecule has 0 radical (unpaired) electrons. The van der Waals surface area contributed by atoms with E-state index in [9.17, 15) is 10.1 Å². The number of ether oxygens (including phenoxy) is 1. The van der Waals surface area contributed by atoms with Crippen molar-refractivity contribution in [2.24, 2.45) is 5.16 Å². The van der Waals surface area contributed by atoms with Gasteiger partial charge in [0.25, 0.3) is 0 Å². The predicted octanol–water partition coefficient (Wildman–Crippen LogP) is 1.97. The molecule has 86 valence electrons. The molecule has 0 aliphatic rings.